The van der Waals surface area contributed by atoms with Gasteiger partial charge in [-0.2, -0.15) is 0 Å². The number of carbonyl (C=O) groups excluding carboxylic acids is 1. The molecule has 0 unspecified atom stereocenters. The molecule has 0 saturated carbocycles. The third kappa shape index (κ3) is 4.48. The lowest BCUT2D eigenvalue weighted by atomic mass is 9.87. The number of nitrogens with zero attached hydrogens (tertiary/aromatic N) is 2. The van der Waals surface area contributed by atoms with Gasteiger partial charge in [0, 0.05) is 43.5 Å². The van der Waals surface area contributed by atoms with E-state index in [2.05, 4.69) is 31.4 Å². The van der Waals surface area contributed by atoms with E-state index in [1.165, 1.54) is 6.07 Å². The number of benzene rings is 2. The van der Waals surface area contributed by atoms with Crippen molar-refractivity contribution in [2.75, 3.05) is 36.4 Å². The molecule has 7 heteroatoms. The van der Waals surface area contributed by atoms with Crippen molar-refractivity contribution in [1.29, 1.82) is 0 Å². The first-order valence-electron chi connectivity index (χ1n) is 9.42. The molecule has 2 aromatic rings. The van der Waals surface area contributed by atoms with Crippen molar-refractivity contribution in [1.82, 2.24) is 5.32 Å². The van der Waals surface area contributed by atoms with E-state index >= 15 is 0 Å². The first kappa shape index (κ1) is 19.8. The molecule has 2 N–H and O–H groups in total. The molecule has 0 spiro atoms. The molecule has 1 saturated heterocycles. The number of piperazine rings is 1. The standard InChI is InChI=1S/C21H26N4O3/c1-21(2,3)16-6-4-15(5-7-16)20(26)23-17-8-9-18(19(14-17)25(27)28)24-12-10-22-11-13-24/h4-9,14,22H,10-13H2,1-3H3,(H,23,26). The second-order valence-electron chi connectivity index (χ2n) is 7.98. The zero-order valence-electron chi connectivity index (χ0n) is 16.5. The van der Waals surface area contributed by atoms with Crippen molar-refractivity contribution < 1.29 is 9.72 Å². The van der Waals surface area contributed by atoms with Crippen molar-refractivity contribution in [2.45, 2.75) is 26.2 Å². The van der Waals surface area contributed by atoms with E-state index in [0.29, 0.717) is 30.0 Å². The van der Waals surface area contributed by atoms with Gasteiger partial charge in [-0.1, -0.05) is 32.9 Å². The van der Waals surface area contributed by atoms with Crippen LogP contribution in [0.15, 0.2) is 42.5 Å². The van der Waals surface area contributed by atoms with Crippen LogP contribution in [0.1, 0.15) is 36.7 Å². The summed E-state index contributed by atoms with van der Waals surface area (Å²) in [5, 5.41) is 17.6. The second-order valence-corrected chi connectivity index (χ2v) is 7.98. The van der Waals surface area contributed by atoms with Crippen molar-refractivity contribution in [2.24, 2.45) is 0 Å². The topological polar surface area (TPSA) is 87.5 Å². The van der Waals surface area contributed by atoms with Crippen molar-refractivity contribution in [3.63, 3.8) is 0 Å². The molecule has 0 atom stereocenters. The average Bonchev–Trinajstić information content (AvgIpc) is 2.68. The molecule has 0 radical (unpaired) electrons. The summed E-state index contributed by atoms with van der Waals surface area (Å²) in [6, 6.07) is 12.3. The van der Waals surface area contributed by atoms with E-state index in [9.17, 15) is 14.9 Å². The van der Waals surface area contributed by atoms with Gasteiger partial charge in [-0.15, -0.1) is 0 Å². The predicted molar refractivity (Wildman–Crippen MR) is 111 cm³/mol. The number of nitrogens with one attached hydrogen (secondary N) is 2. The van der Waals surface area contributed by atoms with Crippen molar-refractivity contribution in [3.05, 3.63) is 63.7 Å². The number of hydrogen-bond acceptors (Lipinski definition) is 5. The Morgan fingerprint density at radius 1 is 1.11 bits per heavy atom. The van der Waals surface area contributed by atoms with Gasteiger partial charge in [0.15, 0.2) is 0 Å². The molecule has 2 aromatic carbocycles. The number of nitro groups is 1. The number of carbonyl (C=O) groups is 1. The Morgan fingerprint density at radius 3 is 2.32 bits per heavy atom. The zero-order chi connectivity index (χ0) is 20.3. The van der Waals surface area contributed by atoms with Crippen molar-refractivity contribution >= 4 is 23.0 Å². The fourth-order valence-corrected chi connectivity index (χ4v) is 3.25. The SMILES string of the molecule is CC(C)(C)c1ccc(C(=O)Nc2ccc(N3CCNCC3)c([N+](=O)[O-])c2)cc1. The fraction of sp³-hybridized carbons (Fsp3) is 0.381. The zero-order valence-corrected chi connectivity index (χ0v) is 16.5. The molecule has 1 aliphatic rings. The summed E-state index contributed by atoms with van der Waals surface area (Å²) in [5.41, 5.74) is 2.66. The molecule has 1 aliphatic heterocycles. The molecule has 1 fully saturated rings. The molecule has 0 bridgehead atoms. The first-order chi connectivity index (χ1) is 13.3. The van der Waals surface area contributed by atoms with Crippen LogP contribution in [0.3, 0.4) is 0 Å². The van der Waals surface area contributed by atoms with Crippen LogP contribution in [0.5, 0.6) is 0 Å². The summed E-state index contributed by atoms with van der Waals surface area (Å²) >= 11 is 0. The molecule has 1 amide bonds. The Morgan fingerprint density at radius 2 is 1.75 bits per heavy atom. The molecule has 7 nitrogen and oxygen atoms in total. The molecular weight excluding hydrogens is 356 g/mol. The van der Waals surface area contributed by atoms with Crippen LogP contribution < -0.4 is 15.5 Å². The van der Waals surface area contributed by atoms with Gasteiger partial charge < -0.3 is 15.5 Å². The van der Waals surface area contributed by atoms with Crippen LogP contribution in [-0.4, -0.2) is 37.0 Å². The van der Waals surface area contributed by atoms with E-state index in [1.807, 2.05) is 17.0 Å². The van der Waals surface area contributed by atoms with Crippen molar-refractivity contribution in [3.8, 4) is 0 Å². The molecule has 148 valence electrons. The van der Waals surface area contributed by atoms with Gasteiger partial charge in [0.05, 0.1) is 4.92 Å². The maximum Gasteiger partial charge on any atom is 0.294 e. The first-order valence-corrected chi connectivity index (χ1v) is 9.42. The van der Waals surface area contributed by atoms with Crippen LogP contribution in [-0.2, 0) is 5.41 Å². The highest BCUT2D eigenvalue weighted by Gasteiger charge is 2.22. The summed E-state index contributed by atoms with van der Waals surface area (Å²) < 4.78 is 0. The maximum atomic E-state index is 12.5. The number of hydrogen-bond donors (Lipinski definition) is 2. The largest absolute Gasteiger partial charge is 0.363 e. The minimum absolute atomic E-state index is 0.00257. The van der Waals surface area contributed by atoms with Crippen LogP contribution in [0.25, 0.3) is 0 Å². The summed E-state index contributed by atoms with van der Waals surface area (Å²) in [5.74, 6) is -0.287. The summed E-state index contributed by atoms with van der Waals surface area (Å²) in [4.78, 5) is 25.7. The van der Waals surface area contributed by atoms with E-state index in [1.54, 1.807) is 24.3 Å². The Bertz CT molecular complexity index is 866. The lowest BCUT2D eigenvalue weighted by Gasteiger charge is -2.29. The highest BCUT2D eigenvalue weighted by molar-refractivity contribution is 6.04. The van der Waals surface area contributed by atoms with Gasteiger partial charge in [-0.3, -0.25) is 14.9 Å². The highest BCUT2D eigenvalue weighted by Crippen LogP contribution is 2.31. The number of amides is 1. The number of rotatable bonds is 4. The van der Waals surface area contributed by atoms with E-state index in [4.69, 9.17) is 0 Å². The van der Waals surface area contributed by atoms with Gasteiger partial charge in [0.2, 0.25) is 0 Å². The van der Waals surface area contributed by atoms with Crippen LogP contribution in [0.2, 0.25) is 0 Å². The molecular formula is C21H26N4O3. The molecule has 28 heavy (non-hydrogen) atoms. The molecule has 0 aliphatic carbocycles. The molecule has 1 heterocycles. The van der Waals surface area contributed by atoms with Gasteiger partial charge >= 0.3 is 0 Å². The quantitative estimate of drug-likeness (QED) is 0.624. The van der Waals surface area contributed by atoms with Gasteiger partial charge in [0.1, 0.15) is 5.69 Å². The molecule has 3 rings (SSSR count). The smallest absolute Gasteiger partial charge is 0.294 e. The van der Waals surface area contributed by atoms with E-state index < -0.39 is 4.92 Å². The van der Waals surface area contributed by atoms with Crippen LogP contribution >= 0.6 is 0 Å². The highest BCUT2D eigenvalue weighted by atomic mass is 16.6. The number of nitro benzene ring substituents is 1. The van der Waals surface area contributed by atoms with Gasteiger partial charge in [-0.25, -0.2) is 0 Å². The summed E-state index contributed by atoms with van der Waals surface area (Å²) in [7, 11) is 0. The Balaban J connectivity index is 1.79. The Labute approximate surface area is 164 Å². The normalized spacial score (nSPS) is 14.6. The summed E-state index contributed by atoms with van der Waals surface area (Å²) in [6.45, 7) is 9.35. The number of anilines is 2. The third-order valence-electron chi connectivity index (χ3n) is 4.90. The second kappa shape index (κ2) is 7.98. The van der Waals surface area contributed by atoms with E-state index in [-0.39, 0.29) is 17.0 Å². The minimum Gasteiger partial charge on any atom is -0.363 e. The maximum absolute atomic E-state index is 12.5. The van der Waals surface area contributed by atoms with Crippen LogP contribution in [0.4, 0.5) is 17.1 Å². The lowest BCUT2D eigenvalue weighted by molar-refractivity contribution is -0.384. The fourth-order valence-electron chi connectivity index (χ4n) is 3.25. The van der Waals surface area contributed by atoms with Gasteiger partial charge in [-0.05, 0) is 35.2 Å². The Kier molecular flexibility index (Phi) is 5.65. The predicted octanol–water partition coefficient (Wildman–Crippen LogP) is 3.55. The lowest BCUT2D eigenvalue weighted by Crippen LogP contribution is -2.43. The molecule has 0 aromatic heterocycles. The van der Waals surface area contributed by atoms with Gasteiger partial charge in [0.25, 0.3) is 11.6 Å². The summed E-state index contributed by atoms with van der Waals surface area (Å²) in [6.07, 6.45) is 0. The third-order valence-corrected chi connectivity index (χ3v) is 4.90. The minimum atomic E-state index is -0.398. The Hall–Kier alpha value is -2.93. The van der Waals surface area contributed by atoms with E-state index in [0.717, 1.165) is 18.7 Å². The average molecular weight is 382 g/mol. The van der Waals surface area contributed by atoms with Crippen LogP contribution in [0, 0.1) is 10.1 Å². The monoisotopic (exact) mass is 382 g/mol.